The second kappa shape index (κ2) is 17.2. The molecule has 0 aliphatic carbocycles. The number of likely N-dealkylation sites (N-methyl/N-ethyl adjacent to an activating group) is 1. The normalized spacial score (nSPS) is 12.6. The molecule has 24 heavy (non-hydrogen) atoms. The molecule has 0 saturated carbocycles. The largest absolute Gasteiger partial charge is 1.00 e. The standard InChI is InChI=1S/C7H16N2O2.C4H8ClNO2.C3H9N.ClH/c1-9(2,3)5-6(10)4-7(8)11;5-2-3(7)1-4(6)8;1-4(2)3;/h6,10H,4-5H2,1-3H3,(H-,8,11);3,7H,1-2H2,(H2,6,8);1-3H3;1H. The van der Waals surface area contributed by atoms with E-state index in [2.05, 4.69) is 0 Å². The van der Waals surface area contributed by atoms with Gasteiger partial charge in [0.15, 0.2) is 0 Å². The van der Waals surface area contributed by atoms with E-state index in [1.54, 1.807) is 0 Å². The Balaban J connectivity index is -0.000000136. The number of rotatable bonds is 7. The van der Waals surface area contributed by atoms with Crippen molar-refractivity contribution in [2.24, 2.45) is 11.5 Å². The average Bonchev–Trinajstić information content (AvgIpc) is 2.23. The minimum atomic E-state index is -0.783. The van der Waals surface area contributed by atoms with Crippen molar-refractivity contribution in [3.63, 3.8) is 0 Å². The van der Waals surface area contributed by atoms with Crippen LogP contribution in [0.1, 0.15) is 12.8 Å². The third-order valence-corrected chi connectivity index (χ3v) is 2.17. The molecule has 0 rings (SSSR count). The van der Waals surface area contributed by atoms with Gasteiger partial charge in [0.2, 0.25) is 11.8 Å². The maximum atomic E-state index is 10.4. The fourth-order valence-electron chi connectivity index (χ4n) is 1.22. The van der Waals surface area contributed by atoms with Gasteiger partial charge in [-0.3, -0.25) is 9.59 Å². The zero-order valence-electron chi connectivity index (χ0n) is 15.5. The van der Waals surface area contributed by atoms with E-state index in [4.69, 9.17) is 28.2 Å². The molecule has 0 bridgehead atoms. The molecule has 0 saturated heterocycles. The molecule has 0 aliphatic rings. The van der Waals surface area contributed by atoms with E-state index >= 15 is 0 Å². The van der Waals surface area contributed by atoms with Gasteiger partial charge in [-0.15, -0.1) is 11.6 Å². The van der Waals surface area contributed by atoms with Crippen LogP contribution in [0.5, 0.6) is 0 Å². The molecule has 2 amide bonds. The molecule has 0 heterocycles. The Morgan fingerprint density at radius 2 is 1.29 bits per heavy atom. The van der Waals surface area contributed by atoms with Crippen molar-refractivity contribution in [3.05, 3.63) is 0 Å². The molecule has 0 aromatic rings. The van der Waals surface area contributed by atoms with Gasteiger partial charge in [0.25, 0.3) is 0 Å². The lowest BCUT2D eigenvalue weighted by Gasteiger charge is -2.26. The molecule has 0 fully saturated rings. The number of carbonyl (C=O) groups is 2. The number of aliphatic hydroxyl groups excluding tert-OH is 2. The van der Waals surface area contributed by atoms with Gasteiger partial charge in [-0.1, -0.05) is 0 Å². The van der Waals surface area contributed by atoms with Gasteiger partial charge in [-0.25, -0.2) is 0 Å². The first kappa shape index (κ1) is 31.2. The van der Waals surface area contributed by atoms with Crippen molar-refractivity contribution in [1.29, 1.82) is 0 Å². The van der Waals surface area contributed by atoms with Crippen LogP contribution in [0.15, 0.2) is 0 Å². The van der Waals surface area contributed by atoms with Crippen molar-refractivity contribution >= 4 is 23.4 Å². The van der Waals surface area contributed by atoms with Gasteiger partial charge in [0.05, 0.1) is 40.1 Å². The highest BCUT2D eigenvalue weighted by molar-refractivity contribution is 6.18. The number of primary amides is 2. The molecule has 8 nitrogen and oxygen atoms in total. The van der Waals surface area contributed by atoms with Crippen molar-refractivity contribution in [1.82, 2.24) is 4.90 Å². The van der Waals surface area contributed by atoms with E-state index in [0.29, 0.717) is 11.0 Å². The number of nitrogens with zero attached hydrogens (tertiary/aromatic N) is 2. The number of alkyl halides is 1. The number of nitrogens with two attached hydrogens (primary N) is 2. The van der Waals surface area contributed by atoms with Gasteiger partial charge in [0.1, 0.15) is 12.6 Å². The van der Waals surface area contributed by atoms with Crippen molar-refractivity contribution in [3.8, 4) is 0 Å². The van der Waals surface area contributed by atoms with E-state index in [1.165, 1.54) is 0 Å². The quantitative estimate of drug-likeness (QED) is 0.256. The summed E-state index contributed by atoms with van der Waals surface area (Å²) < 4.78 is 0.633. The summed E-state index contributed by atoms with van der Waals surface area (Å²) in [6, 6.07) is 0. The summed E-state index contributed by atoms with van der Waals surface area (Å²) >= 11 is 5.14. The Kier molecular flexibility index (Phi) is 22.3. The summed E-state index contributed by atoms with van der Waals surface area (Å²) in [5.74, 6) is -0.924. The first-order valence-electron chi connectivity index (χ1n) is 7.11. The number of hydrogen-bond donors (Lipinski definition) is 4. The number of aliphatic hydroxyl groups is 2. The van der Waals surface area contributed by atoms with Crippen molar-refractivity contribution in [2.45, 2.75) is 25.0 Å². The van der Waals surface area contributed by atoms with E-state index in [-0.39, 0.29) is 31.1 Å². The van der Waals surface area contributed by atoms with E-state index in [9.17, 15) is 14.7 Å². The Bertz CT molecular complexity index is 324. The van der Waals surface area contributed by atoms with Crippen LogP contribution >= 0.6 is 11.6 Å². The Labute approximate surface area is 156 Å². The monoisotopic (exact) mass is 392 g/mol. The molecule has 0 aromatic carbocycles. The predicted molar refractivity (Wildman–Crippen MR) is 92.9 cm³/mol. The molecule has 2 unspecified atom stereocenters. The second-order valence-corrected chi connectivity index (χ2v) is 6.93. The zero-order chi connectivity index (χ0) is 19.2. The first-order chi connectivity index (χ1) is 10.2. The van der Waals surface area contributed by atoms with Crippen LogP contribution in [0.25, 0.3) is 0 Å². The maximum absolute atomic E-state index is 10.4. The molecule has 2 atom stereocenters. The van der Waals surface area contributed by atoms with Crippen molar-refractivity contribution < 1.29 is 36.7 Å². The Hall–Kier alpha value is -0.640. The lowest BCUT2D eigenvalue weighted by Crippen LogP contribution is -3.00. The summed E-state index contributed by atoms with van der Waals surface area (Å²) in [4.78, 5) is 22.3. The lowest BCUT2D eigenvalue weighted by molar-refractivity contribution is -0.873. The Morgan fingerprint density at radius 3 is 1.46 bits per heavy atom. The van der Waals surface area contributed by atoms with Gasteiger partial charge < -0.3 is 43.5 Å². The Morgan fingerprint density at radius 1 is 1.00 bits per heavy atom. The molecule has 0 spiro atoms. The third kappa shape index (κ3) is 42.9. The molecule has 10 heteroatoms. The summed E-state index contributed by atoms with van der Waals surface area (Å²) in [7, 11) is 11.8. The number of amides is 2. The molecule has 0 aromatic heterocycles. The molecular formula is C14H34Cl2N4O4. The van der Waals surface area contributed by atoms with E-state index < -0.39 is 24.0 Å². The maximum Gasteiger partial charge on any atom is 0.220 e. The fraction of sp³-hybridized carbons (Fsp3) is 0.857. The molecular weight excluding hydrogens is 359 g/mol. The van der Waals surface area contributed by atoms with Crippen LogP contribution < -0.4 is 23.9 Å². The number of halogens is 2. The first-order valence-corrected chi connectivity index (χ1v) is 7.64. The molecule has 0 radical (unpaired) electrons. The zero-order valence-corrected chi connectivity index (χ0v) is 17.0. The van der Waals surface area contributed by atoms with Gasteiger partial charge in [-0.2, -0.15) is 0 Å². The highest BCUT2D eigenvalue weighted by Crippen LogP contribution is 1.97. The third-order valence-electron chi connectivity index (χ3n) is 1.81. The minimum Gasteiger partial charge on any atom is -1.00 e. The lowest BCUT2D eigenvalue weighted by atomic mass is 10.2. The van der Waals surface area contributed by atoms with Gasteiger partial charge >= 0.3 is 0 Å². The predicted octanol–water partition coefficient (Wildman–Crippen LogP) is -4.43. The van der Waals surface area contributed by atoms with Crippen LogP contribution in [0.3, 0.4) is 0 Å². The van der Waals surface area contributed by atoms with E-state index in [1.807, 2.05) is 47.2 Å². The number of quaternary nitrogens is 1. The van der Waals surface area contributed by atoms with Gasteiger partial charge in [0, 0.05) is 5.88 Å². The highest BCUT2D eigenvalue weighted by atomic mass is 35.5. The van der Waals surface area contributed by atoms with Crippen LogP contribution in [-0.2, 0) is 9.59 Å². The number of carbonyl (C=O) groups excluding carboxylic acids is 2. The summed E-state index contributed by atoms with van der Waals surface area (Å²) in [6.45, 7) is 0.545. The molecule has 148 valence electrons. The van der Waals surface area contributed by atoms with Crippen LogP contribution in [0.4, 0.5) is 0 Å². The molecule has 6 N–H and O–H groups in total. The SMILES string of the molecule is CN(C)C.C[N+](C)(C)CC(O)CC(N)=O.NC(=O)CC(O)CCl.[Cl-]. The summed E-state index contributed by atoms with van der Waals surface area (Å²) in [5.41, 5.74) is 9.62. The second-order valence-electron chi connectivity index (χ2n) is 6.62. The minimum absolute atomic E-state index is 0. The van der Waals surface area contributed by atoms with Crippen LogP contribution in [0, 0.1) is 0 Å². The fourth-order valence-corrected chi connectivity index (χ4v) is 1.32. The summed E-state index contributed by atoms with van der Waals surface area (Å²) in [5, 5.41) is 17.8. The smallest absolute Gasteiger partial charge is 0.220 e. The highest BCUT2D eigenvalue weighted by Gasteiger charge is 2.16. The topological polar surface area (TPSA) is 130 Å². The van der Waals surface area contributed by atoms with Crippen molar-refractivity contribution in [2.75, 3.05) is 54.7 Å². The van der Waals surface area contributed by atoms with Gasteiger partial charge in [-0.05, 0) is 21.1 Å². The molecule has 0 aliphatic heterocycles. The van der Waals surface area contributed by atoms with E-state index in [0.717, 1.165) is 0 Å². The average molecular weight is 393 g/mol. The van der Waals surface area contributed by atoms with Crippen LogP contribution in [0.2, 0.25) is 0 Å². The number of hydrogen-bond acceptors (Lipinski definition) is 5. The summed E-state index contributed by atoms with van der Waals surface area (Å²) in [6.07, 6.45) is -1.40. The van der Waals surface area contributed by atoms with Crippen LogP contribution in [-0.4, -0.2) is 98.3 Å².